The fourth-order valence-electron chi connectivity index (χ4n) is 3.60. The van der Waals surface area contributed by atoms with Crippen molar-refractivity contribution in [1.29, 1.82) is 0 Å². The number of hydrogen-bond donors (Lipinski definition) is 0. The lowest BCUT2D eigenvalue weighted by Crippen LogP contribution is -1.85. The minimum Gasteiger partial charge on any atom is -0.0651 e. The van der Waals surface area contributed by atoms with Crippen LogP contribution in [0.1, 0.15) is 31.4 Å². The van der Waals surface area contributed by atoms with Crippen molar-refractivity contribution in [2.75, 3.05) is 0 Å². The van der Waals surface area contributed by atoms with Gasteiger partial charge in [0.15, 0.2) is 0 Å². The highest BCUT2D eigenvalue weighted by Crippen LogP contribution is 2.29. The van der Waals surface area contributed by atoms with Gasteiger partial charge < -0.3 is 0 Å². The summed E-state index contributed by atoms with van der Waals surface area (Å²) in [7, 11) is 0. The molecule has 0 heterocycles. The van der Waals surface area contributed by atoms with Crippen LogP contribution in [0.4, 0.5) is 0 Å². The Labute approximate surface area is 150 Å². The molecular formula is C25H24. The molecule has 124 valence electrons. The molecule has 0 heteroatoms. The lowest BCUT2D eigenvalue weighted by Gasteiger charge is -2.08. The topological polar surface area (TPSA) is 0 Å². The van der Waals surface area contributed by atoms with Crippen molar-refractivity contribution in [3.05, 3.63) is 83.9 Å². The van der Waals surface area contributed by atoms with Gasteiger partial charge in [0, 0.05) is 0 Å². The molecule has 0 nitrogen and oxygen atoms in total. The highest BCUT2D eigenvalue weighted by atomic mass is 14.1. The second kappa shape index (κ2) is 6.72. The van der Waals surface area contributed by atoms with Crippen LogP contribution in [0.3, 0.4) is 0 Å². The molecule has 0 bridgehead atoms. The molecule has 4 aromatic rings. The predicted molar refractivity (Wildman–Crippen MR) is 110 cm³/mol. The summed E-state index contributed by atoms with van der Waals surface area (Å²) in [5.41, 5.74) is 5.41. The first kappa shape index (κ1) is 15.9. The van der Waals surface area contributed by atoms with E-state index in [0.29, 0.717) is 0 Å². The van der Waals surface area contributed by atoms with Crippen molar-refractivity contribution >= 4 is 21.5 Å². The number of fused-ring (bicyclic) bond motifs is 2. The number of aryl methyl sites for hydroxylation is 2. The van der Waals surface area contributed by atoms with Crippen molar-refractivity contribution < 1.29 is 0 Å². The van der Waals surface area contributed by atoms with Gasteiger partial charge in [-0.1, -0.05) is 74.9 Å². The van der Waals surface area contributed by atoms with Crippen molar-refractivity contribution in [3.8, 4) is 11.1 Å². The smallest absolute Gasteiger partial charge is 0.0171 e. The molecule has 0 aliphatic rings. The minimum absolute atomic E-state index is 1.08. The molecule has 0 aliphatic heterocycles. The maximum absolute atomic E-state index is 2.32. The Morgan fingerprint density at radius 1 is 0.520 bits per heavy atom. The van der Waals surface area contributed by atoms with E-state index in [1.54, 1.807) is 0 Å². The maximum Gasteiger partial charge on any atom is -0.0171 e. The molecule has 0 radical (unpaired) electrons. The summed E-state index contributed by atoms with van der Waals surface area (Å²) in [6.45, 7) is 4.44. The average Bonchev–Trinajstić information content (AvgIpc) is 2.66. The first-order chi connectivity index (χ1) is 12.3. The van der Waals surface area contributed by atoms with Crippen LogP contribution in [0.5, 0.6) is 0 Å². The van der Waals surface area contributed by atoms with E-state index in [1.165, 1.54) is 50.2 Å². The molecule has 0 aromatic heterocycles. The fraction of sp³-hybridized carbons (Fsp3) is 0.200. The zero-order chi connectivity index (χ0) is 17.2. The van der Waals surface area contributed by atoms with Crippen molar-refractivity contribution in [1.82, 2.24) is 0 Å². The van der Waals surface area contributed by atoms with E-state index in [-0.39, 0.29) is 0 Å². The van der Waals surface area contributed by atoms with E-state index >= 15 is 0 Å². The van der Waals surface area contributed by atoms with Gasteiger partial charge in [0.2, 0.25) is 0 Å². The Morgan fingerprint density at radius 2 is 1.12 bits per heavy atom. The number of rotatable bonds is 4. The molecule has 0 saturated heterocycles. The van der Waals surface area contributed by atoms with Crippen LogP contribution in [0.2, 0.25) is 0 Å². The molecule has 0 amide bonds. The first-order valence-corrected chi connectivity index (χ1v) is 9.32. The molecule has 0 fully saturated rings. The van der Waals surface area contributed by atoms with Crippen LogP contribution in [-0.4, -0.2) is 0 Å². The summed E-state index contributed by atoms with van der Waals surface area (Å²) in [5, 5.41) is 5.28. The lowest BCUT2D eigenvalue weighted by atomic mass is 9.97. The molecule has 25 heavy (non-hydrogen) atoms. The van der Waals surface area contributed by atoms with Crippen molar-refractivity contribution in [2.45, 2.75) is 33.1 Å². The highest BCUT2D eigenvalue weighted by Gasteiger charge is 2.03. The largest absolute Gasteiger partial charge is 0.0651 e. The van der Waals surface area contributed by atoms with E-state index in [2.05, 4.69) is 86.6 Å². The van der Waals surface area contributed by atoms with Crippen LogP contribution in [0.15, 0.2) is 72.8 Å². The van der Waals surface area contributed by atoms with Crippen molar-refractivity contribution in [3.63, 3.8) is 0 Å². The van der Waals surface area contributed by atoms with Crippen LogP contribution >= 0.6 is 0 Å². The summed E-state index contributed by atoms with van der Waals surface area (Å²) >= 11 is 0. The van der Waals surface area contributed by atoms with E-state index in [0.717, 1.165) is 12.8 Å². The Bertz CT molecular complexity index is 1020. The summed E-state index contributed by atoms with van der Waals surface area (Å²) in [5.74, 6) is 0. The normalized spacial score (nSPS) is 11.3. The number of hydrogen-bond acceptors (Lipinski definition) is 0. The zero-order valence-corrected chi connectivity index (χ0v) is 15.0. The molecule has 0 spiro atoms. The Hall–Kier alpha value is -2.60. The Kier molecular flexibility index (Phi) is 4.28. The zero-order valence-electron chi connectivity index (χ0n) is 15.0. The highest BCUT2D eigenvalue weighted by molar-refractivity contribution is 5.99. The molecule has 0 N–H and O–H groups in total. The van der Waals surface area contributed by atoms with Gasteiger partial charge in [-0.25, -0.2) is 0 Å². The minimum atomic E-state index is 1.08. The van der Waals surface area contributed by atoms with Crippen LogP contribution in [-0.2, 0) is 12.8 Å². The molecule has 0 aliphatic carbocycles. The Morgan fingerprint density at radius 3 is 1.80 bits per heavy atom. The van der Waals surface area contributed by atoms with E-state index in [1.807, 2.05) is 0 Å². The van der Waals surface area contributed by atoms with Gasteiger partial charge in [0.05, 0.1) is 0 Å². The third-order valence-corrected chi connectivity index (χ3v) is 5.09. The predicted octanol–water partition coefficient (Wildman–Crippen LogP) is 7.17. The molecule has 4 rings (SSSR count). The lowest BCUT2D eigenvalue weighted by molar-refractivity contribution is 0.922. The second-order valence-corrected chi connectivity index (χ2v) is 6.90. The van der Waals surface area contributed by atoms with Gasteiger partial charge in [0.1, 0.15) is 0 Å². The Balaban J connectivity index is 1.77. The average molecular weight is 324 g/mol. The maximum atomic E-state index is 2.32. The van der Waals surface area contributed by atoms with Gasteiger partial charge in [-0.3, -0.25) is 0 Å². The van der Waals surface area contributed by atoms with Gasteiger partial charge in [0.25, 0.3) is 0 Å². The van der Waals surface area contributed by atoms with Gasteiger partial charge >= 0.3 is 0 Å². The standard InChI is InChI=1S/C25H24/c1-3-5-19-7-9-20(10-8-19)21-12-13-23-16-24-14-18(4-2)6-11-22(24)17-25(23)15-21/h6-17H,3-5H2,1-2H3. The quantitative estimate of drug-likeness (QED) is 0.349. The third kappa shape index (κ3) is 3.17. The SMILES string of the molecule is CCCc1ccc(-c2ccc3cc4cc(CC)ccc4cc3c2)cc1. The second-order valence-electron chi connectivity index (χ2n) is 6.90. The fourth-order valence-corrected chi connectivity index (χ4v) is 3.60. The van der Waals surface area contributed by atoms with Crippen LogP contribution in [0, 0.1) is 0 Å². The van der Waals surface area contributed by atoms with E-state index in [9.17, 15) is 0 Å². The molecule has 0 atom stereocenters. The molecule has 0 saturated carbocycles. The monoisotopic (exact) mass is 324 g/mol. The van der Waals surface area contributed by atoms with Gasteiger partial charge in [-0.15, -0.1) is 0 Å². The summed E-state index contributed by atoms with van der Waals surface area (Å²) in [6, 6.07) is 27.3. The van der Waals surface area contributed by atoms with Crippen molar-refractivity contribution in [2.24, 2.45) is 0 Å². The molecular weight excluding hydrogens is 300 g/mol. The number of benzene rings is 4. The van der Waals surface area contributed by atoms with Crippen LogP contribution < -0.4 is 0 Å². The molecule has 0 unspecified atom stereocenters. The summed E-state index contributed by atoms with van der Waals surface area (Å²) in [6.07, 6.45) is 3.44. The third-order valence-electron chi connectivity index (χ3n) is 5.09. The van der Waals surface area contributed by atoms with E-state index < -0.39 is 0 Å². The first-order valence-electron chi connectivity index (χ1n) is 9.32. The van der Waals surface area contributed by atoms with Crippen LogP contribution in [0.25, 0.3) is 32.7 Å². The summed E-state index contributed by atoms with van der Waals surface area (Å²) < 4.78 is 0. The summed E-state index contributed by atoms with van der Waals surface area (Å²) in [4.78, 5) is 0. The van der Waals surface area contributed by atoms with Gasteiger partial charge in [-0.2, -0.15) is 0 Å². The van der Waals surface area contributed by atoms with Gasteiger partial charge in [-0.05, 0) is 74.8 Å². The molecule has 4 aromatic carbocycles. The van der Waals surface area contributed by atoms with E-state index in [4.69, 9.17) is 0 Å².